The molecule has 0 aliphatic heterocycles. The predicted octanol–water partition coefficient (Wildman–Crippen LogP) is 4.55. The topological polar surface area (TPSA) is 50.9 Å². The lowest BCUT2D eigenvalue weighted by Gasteiger charge is -2.17. The Morgan fingerprint density at radius 3 is 2.71 bits per heavy atom. The lowest BCUT2D eigenvalue weighted by Crippen LogP contribution is -2.30. The molecule has 0 amide bonds. The van der Waals surface area contributed by atoms with Crippen molar-refractivity contribution in [1.29, 1.82) is 0 Å². The molecule has 3 N–H and O–H groups in total. The quantitative estimate of drug-likeness (QED) is 0.384. The number of hydrogen-bond donors (Lipinski definition) is 2. The molecule has 1 heterocycles. The third-order valence-electron chi connectivity index (χ3n) is 3.23. The molecule has 1 atom stereocenters. The molecule has 114 valence electrons. The Hall–Kier alpha value is -0.0200. The number of aromatic nitrogens is 1. The van der Waals surface area contributed by atoms with E-state index in [9.17, 15) is 0 Å². The number of nitrogens with two attached hydrogens (primary N) is 1. The average Bonchev–Trinajstić information content (AvgIpc) is 2.87. The van der Waals surface area contributed by atoms with Crippen LogP contribution in [0.25, 0.3) is 0 Å². The molecule has 0 aliphatic carbocycles. The van der Waals surface area contributed by atoms with E-state index >= 15 is 0 Å². The fraction of sp³-hybridized carbons (Fsp3) is 0.400. The lowest BCUT2D eigenvalue weighted by molar-refractivity contribution is 0.539. The number of halogens is 2. The average molecular weight is 480 g/mol. The molecular formula is C15H19BrIN3S. The summed E-state index contributed by atoms with van der Waals surface area (Å²) in [4.78, 5) is 4.75. The zero-order chi connectivity index (χ0) is 15.6. The van der Waals surface area contributed by atoms with Crippen molar-refractivity contribution in [3.05, 3.63) is 47.9 Å². The highest BCUT2D eigenvalue weighted by Crippen LogP contribution is 2.30. The zero-order valence-electron chi connectivity index (χ0n) is 12.3. The first-order chi connectivity index (χ1) is 9.81. The summed E-state index contributed by atoms with van der Waals surface area (Å²) in [5, 5.41) is 3.25. The molecule has 3 nitrogen and oxygen atoms in total. The summed E-state index contributed by atoms with van der Waals surface area (Å²) in [7, 11) is 0. The number of rotatable bonds is 4. The van der Waals surface area contributed by atoms with Gasteiger partial charge in [-0.05, 0) is 46.4 Å². The van der Waals surface area contributed by atoms with Gasteiger partial charge < -0.3 is 0 Å². The van der Waals surface area contributed by atoms with Crippen LogP contribution in [0, 0.1) is 3.57 Å². The second kappa shape index (κ2) is 7.04. The van der Waals surface area contributed by atoms with Crippen LogP contribution in [0.5, 0.6) is 0 Å². The number of benzene rings is 1. The van der Waals surface area contributed by atoms with Crippen LogP contribution in [0.1, 0.15) is 43.1 Å². The van der Waals surface area contributed by atoms with Crippen molar-refractivity contribution in [2.75, 3.05) is 0 Å². The molecule has 0 fully saturated rings. The summed E-state index contributed by atoms with van der Waals surface area (Å²) < 4.78 is 2.26. The van der Waals surface area contributed by atoms with Crippen molar-refractivity contribution < 1.29 is 0 Å². The van der Waals surface area contributed by atoms with Crippen LogP contribution in [0.3, 0.4) is 0 Å². The van der Waals surface area contributed by atoms with E-state index in [1.54, 1.807) is 11.3 Å². The maximum absolute atomic E-state index is 5.77. The molecule has 0 aliphatic rings. The van der Waals surface area contributed by atoms with Gasteiger partial charge in [-0.15, -0.1) is 11.3 Å². The Kier molecular flexibility index (Phi) is 5.81. The molecule has 1 unspecified atom stereocenters. The van der Waals surface area contributed by atoms with E-state index in [4.69, 9.17) is 10.8 Å². The van der Waals surface area contributed by atoms with E-state index in [1.807, 2.05) is 0 Å². The van der Waals surface area contributed by atoms with Crippen molar-refractivity contribution in [2.45, 2.75) is 38.6 Å². The number of nitrogens with zero attached hydrogens (tertiary/aromatic N) is 1. The summed E-state index contributed by atoms with van der Waals surface area (Å²) in [6, 6.07) is 6.33. The lowest BCUT2D eigenvalue weighted by atomic mass is 9.93. The molecule has 0 radical (unpaired) electrons. The van der Waals surface area contributed by atoms with Crippen LogP contribution in [0.2, 0.25) is 0 Å². The van der Waals surface area contributed by atoms with E-state index in [1.165, 1.54) is 3.57 Å². The largest absolute Gasteiger partial charge is 0.271 e. The first-order valence-electron chi connectivity index (χ1n) is 6.67. The van der Waals surface area contributed by atoms with Gasteiger partial charge in [-0.2, -0.15) is 0 Å². The molecule has 2 aromatic rings. The third kappa shape index (κ3) is 4.48. The number of hydrazine groups is 1. The normalized spacial score (nSPS) is 13.4. The van der Waals surface area contributed by atoms with Gasteiger partial charge >= 0.3 is 0 Å². The van der Waals surface area contributed by atoms with Crippen molar-refractivity contribution in [2.24, 2.45) is 5.84 Å². The van der Waals surface area contributed by atoms with Crippen LogP contribution >= 0.6 is 49.9 Å². The monoisotopic (exact) mass is 479 g/mol. The molecule has 1 aromatic heterocycles. The van der Waals surface area contributed by atoms with Gasteiger partial charge in [0.1, 0.15) is 0 Å². The van der Waals surface area contributed by atoms with Gasteiger partial charge in [0.15, 0.2) is 0 Å². The third-order valence-corrected chi connectivity index (χ3v) is 5.50. The van der Waals surface area contributed by atoms with Gasteiger partial charge in [0.25, 0.3) is 0 Å². The highest BCUT2D eigenvalue weighted by atomic mass is 127. The van der Waals surface area contributed by atoms with Gasteiger partial charge in [-0.1, -0.05) is 36.7 Å². The maximum atomic E-state index is 5.77. The molecule has 6 heteroatoms. The molecule has 0 spiro atoms. The molecule has 0 saturated carbocycles. The second-order valence-corrected chi connectivity index (χ2v) is 9.01. The van der Waals surface area contributed by atoms with E-state index < -0.39 is 0 Å². The van der Waals surface area contributed by atoms with Gasteiger partial charge in [-0.25, -0.2) is 4.98 Å². The number of hydrogen-bond acceptors (Lipinski definition) is 4. The second-order valence-electron chi connectivity index (χ2n) is 5.97. The van der Waals surface area contributed by atoms with E-state index in [2.05, 4.69) is 88.3 Å². The minimum atomic E-state index is 0.0491. The number of thiazole rings is 1. The van der Waals surface area contributed by atoms with Crippen LogP contribution in [-0.2, 0) is 11.8 Å². The zero-order valence-corrected chi connectivity index (χ0v) is 16.8. The molecule has 1 aromatic carbocycles. The Bertz CT molecular complexity index is 622. The molecule has 0 saturated heterocycles. The highest BCUT2D eigenvalue weighted by molar-refractivity contribution is 14.1. The smallest absolute Gasteiger partial charge is 0.0948 e. The SMILES string of the molecule is CC(C)(C)c1csc(CC(NN)c2cc(I)ccc2Br)n1. The van der Waals surface area contributed by atoms with E-state index in [-0.39, 0.29) is 11.5 Å². The minimum absolute atomic E-state index is 0.0491. The fourth-order valence-electron chi connectivity index (χ4n) is 1.96. The standard InChI is InChI=1S/C15H19BrIN3S/c1-15(2,3)13-8-21-14(19-13)7-12(20-18)10-6-9(17)4-5-11(10)16/h4-6,8,12,20H,7,18H2,1-3H3. The summed E-state index contributed by atoms with van der Waals surface area (Å²) in [6.45, 7) is 6.54. The van der Waals surface area contributed by atoms with E-state index in [0.717, 1.165) is 27.2 Å². The van der Waals surface area contributed by atoms with E-state index in [0.29, 0.717) is 0 Å². The molecule has 0 bridgehead atoms. The highest BCUT2D eigenvalue weighted by Gasteiger charge is 2.20. The summed E-state index contributed by atoms with van der Waals surface area (Å²) in [6.07, 6.45) is 0.788. The van der Waals surface area contributed by atoms with Crippen LogP contribution in [-0.4, -0.2) is 4.98 Å². The van der Waals surface area contributed by atoms with Crippen molar-refractivity contribution in [3.8, 4) is 0 Å². The first-order valence-corrected chi connectivity index (χ1v) is 9.42. The molecule has 21 heavy (non-hydrogen) atoms. The van der Waals surface area contributed by atoms with Crippen LogP contribution in [0.15, 0.2) is 28.1 Å². The Balaban J connectivity index is 2.23. The van der Waals surface area contributed by atoms with Crippen LogP contribution < -0.4 is 11.3 Å². The van der Waals surface area contributed by atoms with Crippen molar-refractivity contribution in [1.82, 2.24) is 10.4 Å². The summed E-state index contributed by atoms with van der Waals surface area (Å²) in [5.74, 6) is 5.77. The van der Waals surface area contributed by atoms with Gasteiger partial charge in [0.05, 0.1) is 16.7 Å². The molecule has 2 rings (SSSR count). The predicted molar refractivity (Wildman–Crippen MR) is 101 cm³/mol. The Labute approximate surface area is 152 Å². The minimum Gasteiger partial charge on any atom is -0.271 e. The number of nitrogens with one attached hydrogen (secondary N) is 1. The fourth-order valence-corrected chi connectivity index (χ4v) is 4.07. The first kappa shape index (κ1) is 17.3. The Morgan fingerprint density at radius 1 is 1.43 bits per heavy atom. The van der Waals surface area contributed by atoms with Gasteiger partial charge in [0, 0.05) is 25.3 Å². The Morgan fingerprint density at radius 2 is 2.14 bits per heavy atom. The van der Waals surface area contributed by atoms with Gasteiger partial charge in [0.2, 0.25) is 0 Å². The maximum Gasteiger partial charge on any atom is 0.0948 e. The van der Waals surface area contributed by atoms with Crippen LogP contribution in [0.4, 0.5) is 0 Å². The van der Waals surface area contributed by atoms with Crippen molar-refractivity contribution >= 4 is 49.9 Å². The molecular weight excluding hydrogens is 461 g/mol. The van der Waals surface area contributed by atoms with Gasteiger partial charge in [-0.3, -0.25) is 11.3 Å². The van der Waals surface area contributed by atoms with Crippen molar-refractivity contribution in [3.63, 3.8) is 0 Å². The summed E-state index contributed by atoms with van der Waals surface area (Å²) >= 11 is 7.62. The summed E-state index contributed by atoms with van der Waals surface area (Å²) in [5.41, 5.74) is 5.31.